The maximum atomic E-state index is 12.1. The van der Waals surface area contributed by atoms with Crippen LogP contribution in [0.1, 0.15) is 15.9 Å². The number of hydrogen-bond donors (Lipinski definition) is 1. The van der Waals surface area contributed by atoms with Crippen molar-refractivity contribution < 1.29 is 4.79 Å². The summed E-state index contributed by atoms with van der Waals surface area (Å²) < 4.78 is 0.685. The van der Waals surface area contributed by atoms with Crippen molar-refractivity contribution in [3.8, 4) is 0 Å². The summed E-state index contributed by atoms with van der Waals surface area (Å²) in [5.74, 6) is -0.206. The lowest BCUT2D eigenvalue weighted by atomic mass is 10.1. The first-order valence-electron chi connectivity index (χ1n) is 5.50. The highest BCUT2D eigenvalue weighted by Crippen LogP contribution is 2.25. The molecule has 0 fully saturated rings. The molecule has 2 aromatic rings. The Balaban J connectivity index is 2.25. The van der Waals surface area contributed by atoms with E-state index in [2.05, 4.69) is 21.2 Å². The molecule has 0 spiro atoms. The van der Waals surface area contributed by atoms with E-state index in [9.17, 15) is 4.79 Å². The molecule has 2 nitrogen and oxygen atoms in total. The minimum atomic E-state index is -0.206. The molecule has 1 N–H and O–H groups in total. The third-order valence-corrected chi connectivity index (χ3v) is 4.08. The van der Waals surface area contributed by atoms with Gasteiger partial charge in [-0.25, -0.2) is 0 Å². The van der Waals surface area contributed by atoms with Crippen LogP contribution in [0.15, 0.2) is 40.9 Å². The van der Waals surface area contributed by atoms with Crippen molar-refractivity contribution in [2.45, 2.75) is 6.92 Å². The first-order chi connectivity index (χ1) is 8.97. The van der Waals surface area contributed by atoms with E-state index in [1.165, 1.54) is 0 Å². The number of aryl methyl sites for hydroxylation is 1. The zero-order chi connectivity index (χ0) is 14.0. The second kappa shape index (κ2) is 5.95. The molecule has 0 aliphatic heterocycles. The number of nitrogens with one attached hydrogen (secondary N) is 1. The summed E-state index contributed by atoms with van der Waals surface area (Å²) in [6, 6.07) is 10.4. The van der Waals surface area contributed by atoms with Crippen LogP contribution in [-0.4, -0.2) is 5.91 Å². The van der Waals surface area contributed by atoms with E-state index in [-0.39, 0.29) is 5.91 Å². The minimum Gasteiger partial charge on any atom is -0.322 e. The van der Waals surface area contributed by atoms with Gasteiger partial charge >= 0.3 is 0 Å². The molecule has 0 saturated carbocycles. The van der Waals surface area contributed by atoms with Gasteiger partial charge in [0.25, 0.3) is 5.91 Å². The summed E-state index contributed by atoms with van der Waals surface area (Å²) in [5.41, 5.74) is 2.17. The second-order valence-electron chi connectivity index (χ2n) is 4.04. The molecule has 2 aromatic carbocycles. The Morgan fingerprint density at radius 3 is 2.58 bits per heavy atom. The molecule has 0 unspecified atom stereocenters. The fourth-order valence-electron chi connectivity index (χ4n) is 1.56. The van der Waals surface area contributed by atoms with Crippen molar-refractivity contribution in [3.05, 3.63) is 62.0 Å². The van der Waals surface area contributed by atoms with Crippen LogP contribution >= 0.6 is 39.1 Å². The van der Waals surface area contributed by atoms with E-state index in [0.717, 1.165) is 5.56 Å². The summed E-state index contributed by atoms with van der Waals surface area (Å²) in [6.45, 7) is 1.91. The van der Waals surface area contributed by atoms with Gasteiger partial charge in [-0.2, -0.15) is 0 Å². The molecule has 0 radical (unpaired) electrons. The Morgan fingerprint density at radius 1 is 1.16 bits per heavy atom. The fourth-order valence-corrected chi connectivity index (χ4v) is 2.23. The number of rotatable bonds is 2. The monoisotopic (exact) mass is 357 g/mol. The number of carbonyl (C=O) groups excluding carboxylic acids is 1. The zero-order valence-electron chi connectivity index (χ0n) is 10.0. The predicted octanol–water partition coefficient (Wildman–Crippen LogP) is 5.32. The summed E-state index contributed by atoms with van der Waals surface area (Å²) in [5, 5.41) is 3.97. The van der Waals surface area contributed by atoms with Crippen molar-refractivity contribution in [1.29, 1.82) is 0 Å². The Bertz CT molecular complexity index is 643. The average molecular weight is 359 g/mol. The molecule has 0 aliphatic carbocycles. The Morgan fingerprint density at radius 2 is 1.89 bits per heavy atom. The zero-order valence-corrected chi connectivity index (χ0v) is 13.1. The Labute approximate surface area is 129 Å². The predicted molar refractivity (Wildman–Crippen MR) is 83.3 cm³/mol. The van der Waals surface area contributed by atoms with Crippen molar-refractivity contribution >= 4 is 50.7 Å². The molecule has 0 bridgehead atoms. The SMILES string of the molecule is Cc1ccc(Cl)cc1NC(=O)c1ccc(Cl)c(Br)c1. The van der Waals surface area contributed by atoms with Crippen LogP contribution in [0.3, 0.4) is 0 Å². The topological polar surface area (TPSA) is 29.1 Å². The van der Waals surface area contributed by atoms with Crippen LogP contribution in [-0.2, 0) is 0 Å². The molecule has 19 heavy (non-hydrogen) atoms. The third kappa shape index (κ3) is 3.50. The van der Waals surface area contributed by atoms with Gasteiger partial charge in [-0.15, -0.1) is 0 Å². The highest BCUT2D eigenvalue weighted by Gasteiger charge is 2.09. The van der Waals surface area contributed by atoms with E-state index in [1.54, 1.807) is 30.3 Å². The van der Waals surface area contributed by atoms with Crippen LogP contribution in [0.25, 0.3) is 0 Å². The van der Waals surface area contributed by atoms with E-state index in [4.69, 9.17) is 23.2 Å². The molecule has 0 heterocycles. The number of carbonyl (C=O) groups is 1. The third-order valence-electron chi connectivity index (χ3n) is 2.63. The standard InChI is InChI=1S/C14H10BrCl2NO/c1-8-2-4-10(16)7-13(8)18-14(19)9-3-5-12(17)11(15)6-9/h2-7H,1H3,(H,18,19). The van der Waals surface area contributed by atoms with Gasteiger partial charge in [0.05, 0.1) is 5.02 Å². The van der Waals surface area contributed by atoms with Crippen LogP contribution in [0.4, 0.5) is 5.69 Å². The molecule has 0 aliphatic rings. The molecule has 98 valence electrons. The molecule has 0 aromatic heterocycles. The van der Waals surface area contributed by atoms with Gasteiger partial charge in [-0.3, -0.25) is 4.79 Å². The maximum absolute atomic E-state index is 12.1. The lowest BCUT2D eigenvalue weighted by Gasteiger charge is -2.09. The van der Waals surface area contributed by atoms with Gasteiger partial charge in [-0.05, 0) is 58.7 Å². The Kier molecular flexibility index (Phi) is 4.50. The largest absolute Gasteiger partial charge is 0.322 e. The molecule has 0 atom stereocenters. The quantitative estimate of drug-likeness (QED) is 0.773. The highest BCUT2D eigenvalue weighted by molar-refractivity contribution is 9.10. The highest BCUT2D eigenvalue weighted by atomic mass is 79.9. The van der Waals surface area contributed by atoms with E-state index >= 15 is 0 Å². The smallest absolute Gasteiger partial charge is 0.255 e. The van der Waals surface area contributed by atoms with Crippen molar-refractivity contribution in [2.75, 3.05) is 5.32 Å². The van der Waals surface area contributed by atoms with Crippen LogP contribution in [0, 0.1) is 6.92 Å². The molecular formula is C14H10BrCl2NO. The molecule has 5 heteroatoms. The van der Waals surface area contributed by atoms with Gasteiger partial charge in [0.1, 0.15) is 0 Å². The van der Waals surface area contributed by atoms with Gasteiger partial charge in [0.2, 0.25) is 0 Å². The van der Waals surface area contributed by atoms with Gasteiger partial charge < -0.3 is 5.32 Å². The second-order valence-corrected chi connectivity index (χ2v) is 5.74. The van der Waals surface area contributed by atoms with Crippen molar-refractivity contribution in [2.24, 2.45) is 0 Å². The number of amides is 1. The number of anilines is 1. The van der Waals surface area contributed by atoms with Gasteiger partial charge in [-0.1, -0.05) is 29.3 Å². The number of hydrogen-bond acceptors (Lipinski definition) is 1. The Hall–Kier alpha value is -1.03. The summed E-state index contributed by atoms with van der Waals surface area (Å²) in [6.07, 6.45) is 0. The lowest BCUT2D eigenvalue weighted by molar-refractivity contribution is 0.102. The molecule has 0 saturated heterocycles. The number of halogens is 3. The summed E-state index contributed by atoms with van der Waals surface area (Å²) in [4.78, 5) is 12.1. The van der Waals surface area contributed by atoms with Crippen LogP contribution in [0.5, 0.6) is 0 Å². The first-order valence-corrected chi connectivity index (χ1v) is 7.05. The van der Waals surface area contributed by atoms with Crippen LogP contribution in [0.2, 0.25) is 10.0 Å². The molecule has 1 amide bonds. The number of benzene rings is 2. The van der Waals surface area contributed by atoms with Crippen molar-refractivity contribution in [3.63, 3.8) is 0 Å². The fraction of sp³-hybridized carbons (Fsp3) is 0.0714. The van der Waals surface area contributed by atoms with E-state index < -0.39 is 0 Å². The maximum Gasteiger partial charge on any atom is 0.255 e. The van der Waals surface area contributed by atoms with Crippen LogP contribution < -0.4 is 5.32 Å². The first kappa shape index (κ1) is 14.4. The minimum absolute atomic E-state index is 0.206. The molecule has 2 rings (SSSR count). The molecular weight excluding hydrogens is 349 g/mol. The lowest BCUT2D eigenvalue weighted by Crippen LogP contribution is -2.12. The average Bonchev–Trinajstić information content (AvgIpc) is 2.37. The van der Waals surface area contributed by atoms with Gasteiger partial charge in [0, 0.05) is 20.7 Å². The van der Waals surface area contributed by atoms with E-state index in [1.807, 2.05) is 13.0 Å². The van der Waals surface area contributed by atoms with Crippen molar-refractivity contribution in [1.82, 2.24) is 0 Å². The summed E-state index contributed by atoms with van der Waals surface area (Å²) in [7, 11) is 0. The van der Waals surface area contributed by atoms with E-state index in [0.29, 0.717) is 25.8 Å². The van der Waals surface area contributed by atoms with Gasteiger partial charge in [0.15, 0.2) is 0 Å². The normalized spacial score (nSPS) is 10.3. The summed E-state index contributed by atoms with van der Waals surface area (Å²) >= 11 is 15.1.